The van der Waals surface area contributed by atoms with E-state index >= 15 is 4.39 Å². The van der Waals surface area contributed by atoms with Crippen molar-refractivity contribution in [3.63, 3.8) is 0 Å². The van der Waals surface area contributed by atoms with Gasteiger partial charge in [0.1, 0.15) is 17.2 Å². The molecule has 1 aliphatic carbocycles. The number of anilines is 2. The van der Waals surface area contributed by atoms with E-state index < -0.39 is 17.0 Å². The second-order valence-corrected chi connectivity index (χ2v) is 12.2. The van der Waals surface area contributed by atoms with Gasteiger partial charge in [0, 0.05) is 42.7 Å². The first kappa shape index (κ1) is 28.5. The van der Waals surface area contributed by atoms with E-state index in [0.717, 1.165) is 30.8 Å². The number of hydrogen-bond donors (Lipinski definition) is 2. The Kier molecular flexibility index (Phi) is 7.83. The summed E-state index contributed by atoms with van der Waals surface area (Å²) < 4.78 is 36.9. The Labute approximate surface area is 247 Å². The molecule has 1 saturated carbocycles. The van der Waals surface area contributed by atoms with E-state index in [-0.39, 0.29) is 32.4 Å². The number of methoxy groups -OCH3 is 1. The Morgan fingerprint density at radius 3 is 2.38 bits per heavy atom. The van der Waals surface area contributed by atoms with Gasteiger partial charge in [-0.05, 0) is 76.0 Å². The number of rotatable bonds is 4. The van der Waals surface area contributed by atoms with Crippen LogP contribution in [0.5, 0.6) is 6.01 Å². The quantitative estimate of drug-likeness (QED) is 0.343. The third kappa shape index (κ3) is 4.99. The molecule has 3 aliphatic rings. The Hall–Kier alpha value is -3.66. The zero-order valence-electron chi connectivity index (χ0n) is 23.8. The number of hydrogen-bond acceptors (Lipinski definition) is 10. The van der Waals surface area contributed by atoms with Gasteiger partial charge in [-0.15, -0.1) is 0 Å². The maximum atomic E-state index is 16.7. The summed E-state index contributed by atoms with van der Waals surface area (Å²) in [6.45, 7) is 5.55. The lowest BCUT2D eigenvalue weighted by Crippen LogP contribution is -2.44. The molecule has 3 fully saturated rings. The molecule has 12 heteroatoms. The first-order valence-electron chi connectivity index (χ1n) is 14.3. The molecule has 0 bridgehead atoms. The summed E-state index contributed by atoms with van der Waals surface area (Å²) in [5, 5.41) is 14.3. The van der Waals surface area contributed by atoms with Gasteiger partial charge >= 0.3 is 6.01 Å². The molecule has 42 heavy (non-hydrogen) atoms. The monoisotopic (exact) mass is 592 g/mol. The Morgan fingerprint density at radius 1 is 1.05 bits per heavy atom. The third-order valence-electron chi connectivity index (χ3n) is 8.54. The van der Waals surface area contributed by atoms with Crippen molar-refractivity contribution in [1.29, 1.82) is 5.26 Å². The van der Waals surface area contributed by atoms with Crippen LogP contribution in [-0.4, -0.2) is 73.3 Å². The van der Waals surface area contributed by atoms with Crippen LogP contribution in [0, 0.1) is 23.0 Å². The molecular weight excluding hydrogens is 558 g/mol. The van der Waals surface area contributed by atoms with Gasteiger partial charge in [0.05, 0.1) is 28.8 Å². The Morgan fingerprint density at radius 2 is 1.79 bits per heavy atom. The van der Waals surface area contributed by atoms with Crippen molar-refractivity contribution in [2.45, 2.75) is 37.5 Å². The zero-order chi connectivity index (χ0) is 29.4. The van der Waals surface area contributed by atoms with Gasteiger partial charge in [-0.2, -0.15) is 15.2 Å². The number of fused-ring (bicyclic) bond motifs is 2. The molecule has 9 nitrogen and oxygen atoms in total. The fourth-order valence-corrected chi connectivity index (χ4v) is 6.85. The first-order valence-corrected chi connectivity index (χ1v) is 15.2. The van der Waals surface area contributed by atoms with Gasteiger partial charge in [0.25, 0.3) is 0 Å². The van der Waals surface area contributed by atoms with Crippen LogP contribution in [0.4, 0.5) is 19.7 Å². The van der Waals surface area contributed by atoms with Crippen LogP contribution in [0.2, 0.25) is 0 Å². The number of nitrogens with one attached hydrogen (secondary N) is 1. The molecule has 7 rings (SSSR count). The number of nitriles is 1. The number of ether oxygens (including phenoxy) is 1. The van der Waals surface area contributed by atoms with Crippen molar-refractivity contribution in [2.24, 2.45) is 0 Å². The highest BCUT2D eigenvalue weighted by molar-refractivity contribution is 7.22. The van der Waals surface area contributed by atoms with Crippen LogP contribution in [0.15, 0.2) is 18.2 Å². The van der Waals surface area contributed by atoms with Crippen LogP contribution in [0.25, 0.3) is 32.2 Å². The van der Waals surface area contributed by atoms with Crippen LogP contribution < -0.4 is 20.7 Å². The van der Waals surface area contributed by atoms with Crippen LogP contribution in [-0.2, 0) is 5.41 Å². The van der Waals surface area contributed by atoms with Crippen molar-refractivity contribution >= 4 is 43.4 Å². The second-order valence-electron chi connectivity index (χ2n) is 11.2. The van der Waals surface area contributed by atoms with E-state index in [4.69, 9.17) is 10.5 Å². The summed E-state index contributed by atoms with van der Waals surface area (Å²) in [7, 11) is 3.61. The van der Waals surface area contributed by atoms with E-state index in [2.05, 4.69) is 43.2 Å². The van der Waals surface area contributed by atoms with E-state index in [1.807, 2.05) is 6.07 Å². The molecule has 220 valence electrons. The molecule has 4 aromatic rings. The highest BCUT2D eigenvalue weighted by Crippen LogP contribution is 2.50. The first-order chi connectivity index (χ1) is 20.3. The molecule has 4 heterocycles. The SMILES string of the molecule is CN1CCCC1.COc1nc(N2CCNCC2)c2cc(C3(C#N)CCC3)c(-c3ccc(F)c4sc(N)nc34)c(F)c2n1. The predicted octanol–water partition coefficient (Wildman–Crippen LogP) is 4.84. The fraction of sp³-hybridized carbons (Fsp3) is 0.467. The number of nitrogens with two attached hydrogens (primary N) is 1. The number of likely N-dealkylation sites (tertiary alicyclic amines) is 1. The molecule has 2 saturated heterocycles. The molecule has 2 aliphatic heterocycles. The van der Waals surface area contributed by atoms with Gasteiger partial charge < -0.3 is 25.6 Å². The smallest absolute Gasteiger partial charge is 0.318 e. The zero-order valence-corrected chi connectivity index (χ0v) is 24.7. The molecule has 0 amide bonds. The van der Waals surface area contributed by atoms with Crippen LogP contribution in [0.3, 0.4) is 0 Å². The number of piperazine rings is 1. The summed E-state index contributed by atoms with van der Waals surface area (Å²) >= 11 is 1.01. The van der Waals surface area contributed by atoms with Crippen molar-refractivity contribution in [2.75, 3.05) is 64.1 Å². The summed E-state index contributed by atoms with van der Waals surface area (Å²) in [5.74, 6) is -0.519. The van der Waals surface area contributed by atoms with Crippen LogP contribution >= 0.6 is 11.3 Å². The van der Waals surface area contributed by atoms with Gasteiger partial charge in [-0.3, -0.25) is 0 Å². The third-order valence-corrected chi connectivity index (χ3v) is 9.43. The molecular formula is C30H34F2N8OS. The summed E-state index contributed by atoms with van der Waals surface area (Å²) in [5.41, 5.74) is 6.53. The minimum atomic E-state index is -0.868. The lowest BCUT2D eigenvalue weighted by atomic mass is 9.63. The highest BCUT2D eigenvalue weighted by Gasteiger charge is 2.43. The molecule has 2 aromatic carbocycles. The minimum absolute atomic E-state index is 0.0504. The summed E-state index contributed by atoms with van der Waals surface area (Å²) in [4.78, 5) is 17.7. The average Bonchev–Trinajstić information content (AvgIpc) is 3.63. The molecule has 2 aromatic heterocycles. The average molecular weight is 593 g/mol. The Bertz CT molecular complexity index is 1670. The lowest BCUT2D eigenvalue weighted by molar-refractivity contribution is 0.324. The predicted molar refractivity (Wildman–Crippen MR) is 162 cm³/mol. The molecule has 0 radical (unpaired) electrons. The van der Waals surface area contributed by atoms with Crippen molar-refractivity contribution in [3.8, 4) is 23.2 Å². The number of thiazole rings is 1. The molecule has 0 unspecified atom stereocenters. The van der Waals surface area contributed by atoms with Crippen molar-refractivity contribution in [1.82, 2.24) is 25.2 Å². The number of aromatic nitrogens is 3. The van der Waals surface area contributed by atoms with E-state index in [1.165, 1.54) is 45.2 Å². The van der Waals surface area contributed by atoms with Gasteiger partial charge in [0.2, 0.25) is 0 Å². The standard InChI is InChI=1S/C25H23F2N7OS.C5H11N/c1-35-24-32-19-14(22(33-24)34-9-7-30-8-10-34)11-15(25(12-28)5-2-6-25)17(18(19)27)13-3-4-16(26)21-20(13)31-23(29)36-21;1-6-4-2-3-5-6/h3-4,11,30H,2,5-10H2,1H3,(H2,29,31);2-5H2,1H3. The molecule has 0 atom stereocenters. The fourth-order valence-electron chi connectivity index (χ4n) is 6.08. The highest BCUT2D eigenvalue weighted by atomic mass is 32.1. The molecule has 3 N–H and O–H groups in total. The number of benzene rings is 2. The van der Waals surface area contributed by atoms with E-state index in [1.54, 1.807) is 0 Å². The van der Waals surface area contributed by atoms with Gasteiger partial charge in [0.15, 0.2) is 10.9 Å². The second kappa shape index (κ2) is 11.6. The van der Waals surface area contributed by atoms with Gasteiger partial charge in [-0.1, -0.05) is 11.3 Å². The maximum Gasteiger partial charge on any atom is 0.318 e. The van der Waals surface area contributed by atoms with E-state index in [0.29, 0.717) is 48.3 Å². The Balaban J connectivity index is 0.000000470. The number of halogens is 2. The maximum absolute atomic E-state index is 16.7. The summed E-state index contributed by atoms with van der Waals surface area (Å²) in [6, 6.07) is 7.13. The summed E-state index contributed by atoms with van der Waals surface area (Å²) in [6.07, 6.45) is 4.89. The topological polar surface area (TPSA) is 116 Å². The molecule has 0 spiro atoms. The van der Waals surface area contributed by atoms with Crippen molar-refractivity contribution < 1.29 is 13.5 Å². The number of nitrogens with zero attached hydrogens (tertiary/aromatic N) is 6. The lowest BCUT2D eigenvalue weighted by Gasteiger charge is -2.38. The van der Waals surface area contributed by atoms with Crippen LogP contribution in [0.1, 0.15) is 37.7 Å². The largest absolute Gasteiger partial charge is 0.467 e. The minimum Gasteiger partial charge on any atom is -0.467 e. The normalized spacial score (nSPS) is 18.4. The number of nitrogen functional groups attached to an aromatic ring is 1. The van der Waals surface area contributed by atoms with E-state index in [9.17, 15) is 9.65 Å². The van der Waals surface area contributed by atoms with Gasteiger partial charge in [-0.25, -0.2) is 13.8 Å². The van der Waals surface area contributed by atoms with Crippen molar-refractivity contribution in [3.05, 3.63) is 35.4 Å².